The average Bonchev–Trinajstić information content (AvgIpc) is 2.32. The van der Waals surface area contributed by atoms with Crippen molar-refractivity contribution in [3.8, 4) is 11.8 Å². The van der Waals surface area contributed by atoms with E-state index >= 15 is 0 Å². The molecule has 0 saturated heterocycles. The minimum Gasteiger partial charge on any atom is -0.466 e. The van der Waals surface area contributed by atoms with Crippen LogP contribution in [-0.2, 0) is 16.0 Å². The summed E-state index contributed by atoms with van der Waals surface area (Å²) < 4.78 is 45.5. The molecule has 0 spiro atoms. The highest BCUT2D eigenvalue weighted by molar-refractivity contribution is 9.10. The number of hydrogen-bond donors (Lipinski definition) is 0. The monoisotopic (exact) mass is 351 g/mol. The van der Waals surface area contributed by atoms with Gasteiger partial charge in [0, 0.05) is 5.56 Å². The summed E-state index contributed by atoms with van der Waals surface area (Å²) in [6.07, 6.45) is -5.33. The van der Waals surface area contributed by atoms with Gasteiger partial charge in [-0.1, -0.05) is 0 Å². The van der Waals surface area contributed by atoms with Gasteiger partial charge in [0.2, 0.25) is 0 Å². The zero-order valence-corrected chi connectivity index (χ0v) is 11.8. The fourth-order valence-corrected chi connectivity index (χ4v) is 2.03. The van der Waals surface area contributed by atoms with E-state index in [1.807, 2.05) is 0 Å². The lowest BCUT2D eigenvalue weighted by Crippen LogP contribution is -2.19. The van der Waals surface area contributed by atoms with Crippen LogP contribution in [0.15, 0.2) is 16.6 Å². The molecule has 0 aliphatic heterocycles. The van der Waals surface area contributed by atoms with Crippen LogP contribution in [0.5, 0.6) is 5.75 Å². The first-order valence-corrected chi connectivity index (χ1v) is 6.20. The Morgan fingerprint density at radius 1 is 1.45 bits per heavy atom. The summed E-state index contributed by atoms with van der Waals surface area (Å²) in [5.41, 5.74) is 0.0254. The number of rotatable bonds is 4. The van der Waals surface area contributed by atoms with Crippen LogP contribution in [0.4, 0.5) is 13.2 Å². The summed E-state index contributed by atoms with van der Waals surface area (Å²) in [7, 11) is 0. The molecule has 0 heterocycles. The largest absolute Gasteiger partial charge is 0.573 e. The van der Waals surface area contributed by atoms with Crippen molar-refractivity contribution in [2.45, 2.75) is 19.7 Å². The fraction of sp³-hybridized carbons (Fsp3) is 0.333. The molecule has 108 valence electrons. The number of hydrogen-bond acceptors (Lipinski definition) is 4. The standard InChI is InChI=1S/C12H9BrF3NO3/c1-2-19-10(18)5-8-3-7(6-17)4-9(13)11(8)20-12(14,15)16/h3-4H,2,5H2,1H3. The lowest BCUT2D eigenvalue weighted by molar-refractivity contribution is -0.275. The molecule has 0 aromatic heterocycles. The number of alkyl halides is 3. The van der Waals surface area contributed by atoms with Crippen molar-refractivity contribution in [3.05, 3.63) is 27.7 Å². The molecule has 0 atom stereocenters. The van der Waals surface area contributed by atoms with Crippen molar-refractivity contribution < 1.29 is 27.4 Å². The molecule has 4 nitrogen and oxygen atoms in total. The first kappa shape index (κ1) is 16.3. The molecule has 0 saturated carbocycles. The molecule has 0 aliphatic carbocycles. The number of nitriles is 1. The molecule has 0 N–H and O–H groups in total. The van der Waals surface area contributed by atoms with Gasteiger partial charge in [-0.05, 0) is 35.0 Å². The van der Waals surface area contributed by atoms with Crippen molar-refractivity contribution in [1.29, 1.82) is 5.26 Å². The Hall–Kier alpha value is -1.75. The van der Waals surface area contributed by atoms with E-state index in [1.165, 1.54) is 6.07 Å². The summed E-state index contributed by atoms with van der Waals surface area (Å²) in [6.45, 7) is 1.68. The predicted octanol–water partition coefficient (Wildman–Crippen LogP) is 3.32. The number of benzene rings is 1. The van der Waals surface area contributed by atoms with Gasteiger partial charge in [-0.2, -0.15) is 5.26 Å². The summed E-state index contributed by atoms with van der Waals surface area (Å²) in [5.74, 6) is -1.26. The average molecular weight is 352 g/mol. The Balaban J connectivity index is 3.19. The highest BCUT2D eigenvalue weighted by atomic mass is 79.9. The van der Waals surface area contributed by atoms with Crippen molar-refractivity contribution in [2.24, 2.45) is 0 Å². The molecule has 1 aromatic rings. The zero-order valence-electron chi connectivity index (χ0n) is 10.3. The van der Waals surface area contributed by atoms with Gasteiger partial charge in [0.05, 0.1) is 29.1 Å². The zero-order chi connectivity index (χ0) is 15.3. The Morgan fingerprint density at radius 3 is 2.60 bits per heavy atom. The van der Waals surface area contributed by atoms with Crippen LogP contribution in [0.25, 0.3) is 0 Å². The quantitative estimate of drug-likeness (QED) is 0.780. The van der Waals surface area contributed by atoms with Gasteiger partial charge in [0.1, 0.15) is 5.75 Å². The number of carbonyl (C=O) groups is 1. The predicted molar refractivity (Wildman–Crippen MR) is 65.9 cm³/mol. The second-order valence-electron chi connectivity index (χ2n) is 3.59. The van der Waals surface area contributed by atoms with E-state index in [0.717, 1.165) is 6.07 Å². The number of esters is 1. The highest BCUT2D eigenvalue weighted by Gasteiger charge is 2.33. The Kier molecular flexibility index (Phi) is 5.39. The molecule has 8 heteroatoms. The van der Waals surface area contributed by atoms with Crippen LogP contribution in [0.1, 0.15) is 18.1 Å². The van der Waals surface area contributed by atoms with Gasteiger partial charge in [-0.15, -0.1) is 13.2 Å². The molecule has 0 bridgehead atoms. The topological polar surface area (TPSA) is 59.3 Å². The Morgan fingerprint density at radius 2 is 2.10 bits per heavy atom. The maximum atomic E-state index is 12.3. The minimum atomic E-state index is -4.90. The fourth-order valence-electron chi connectivity index (χ4n) is 1.44. The molecular formula is C12H9BrF3NO3. The van der Waals surface area contributed by atoms with Crippen molar-refractivity contribution in [1.82, 2.24) is 0 Å². The highest BCUT2D eigenvalue weighted by Crippen LogP contribution is 2.35. The molecule has 0 fully saturated rings. The number of nitrogens with zero attached hydrogens (tertiary/aromatic N) is 1. The Labute approximate surface area is 121 Å². The van der Waals surface area contributed by atoms with Crippen molar-refractivity contribution in [2.75, 3.05) is 6.61 Å². The van der Waals surface area contributed by atoms with Crippen molar-refractivity contribution in [3.63, 3.8) is 0 Å². The van der Waals surface area contributed by atoms with Gasteiger partial charge in [-0.3, -0.25) is 4.79 Å². The summed E-state index contributed by atoms with van der Waals surface area (Å²) in [6, 6.07) is 4.12. The van der Waals surface area contributed by atoms with Crippen LogP contribution >= 0.6 is 15.9 Å². The third kappa shape index (κ3) is 4.74. The van der Waals surface area contributed by atoms with Crippen LogP contribution in [-0.4, -0.2) is 18.9 Å². The number of carbonyl (C=O) groups excluding carboxylic acids is 1. The van der Waals surface area contributed by atoms with Crippen LogP contribution < -0.4 is 4.74 Å². The smallest absolute Gasteiger partial charge is 0.466 e. The molecule has 0 unspecified atom stereocenters. The molecular weight excluding hydrogens is 343 g/mol. The number of ether oxygens (including phenoxy) is 2. The van der Waals surface area contributed by atoms with Crippen LogP contribution in [0.2, 0.25) is 0 Å². The van der Waals surface area contributed by atoms with Gasteiger partial charge in [0.15, 0.2) is 0 Å². The van der Waals surface area contributed by atoms with Gasteiger partial charge in [-0.25, -0.2) is 0 Å². The first-order valence-electron chi connectivity index (χ1n) is 5.40. The normalized spacial score (nSPS) is 10.8. The second-order valence-corrected chi connectivity index (χ2v) is 4.44. The molecule has 0 aliphatic rings. The summed E-state index contributed by atoms with van der Waals surface area (Å²) in [4.78, 5) is 11.4. The lowest BCUT2D eigenvalue weighted by atomic mass is 10.1. The van der Waals surface area contributed by atoms with E-state index in [-0.39, 0.29) is 22.2 Å². The van der Waals surface area contributed by atoms with Crippen LogP contribution in [0, 0.1) is 11.3 Å². The molecule has 0 amide bonds. The molecule has 1 rings (SSSR count). The third-order valence-electron chi connectivity index (χ3n) is 2.11. The first-order chi connectivity index (χ1) is 9.26. The van der Waals surface area contributed by atoms with Gasteiger partial charge >= 0.3 is 12.3 Å². The molecule has 0 radical (unpaired) electrons. The van der Waals surface area contributed by atoms with E-state index in [4.69, 9.17) is 5.26 Å². The maximum Gasteiger partial charge on any atom is 0.573 e. The van der Waals surface area contributed by atoms with E-state index < -0.39 is 24.5 Å². The van der Waals surface area contributed by atoms with E-state index in [9.17, 15) is 18.0 Å². The van der Waals surface area contributed by atoms with Gasteiger partial charge in [0.25, 0.3) is 0 Å². The summed E-state index contributed by atoms with van der Waals surface area (Å²) >= 11 is 2.89. The third-order valence-corrected chi connectivity index (χ3v) is 2.70. The van der Waals surface area contributed by atoms with Crippen molar-refractivity contribution >= 4 is 21.9 Å². The Bertz CT molecular complexity index is 552. The van der Waals surface area contributed by atoms with Crippen LogP contribution in [0.3, 0.4) is 0 Å². The second kappa shape index (κ2) is 6.61. The van der Waals surface area contributed by atoms with E-state index in [0.29, 0.717) is 0 Å². The number of halogens is 4. The van der Waals surface area contributed by atoms with E-state index in [2.05, 4.69) is 25.4 Å². The SMILES string of the molecule is CCOC(=O)Cc1cc(C#N)cc(Br)c1OC(F)(F)F. The lowest BCUT2D eigenvalue weighted by Gasteiger charge is -2.15. The van der Waals surface area contributed by atoms with Gasteiger partial charge < -0.3 is 9.47 Å². The minimum absolute atomic E-state index is 0.0619. The molecule has 20 heavy (non-hydrogen) atoms. The summed E-state index contributed by atoms with van der Waals surface area (Å²) in [5, 5.41) is 8.80. The maximum absolute atomic E-state index is 12.3. The van der Waals surface area contributed by atoms with E-state index in [1.54, 1.807) is 13.0 Å². The molecule has 1 aromatic carbocycles.